The Hall–Kier alpha value is -1.07. The van der Waals surface area contributed by atoms with Gasteiger partial charge in [0.2, 0.25) is 0 Å². The number of anilines is 1. The monoisotopic (exact) mass is 315 g/mol. The number of nitrogens with zero attached hydrogens (tertiary/aromatic N) is 1. The average molecular weight is 316 g/mol. The molecule has 0 aromatic heterocycles. The summed E-state index contributed by atoms with van der Waals surface area (Å²) in [6, 6.07) is 5.07. The Balaban J connectivity index is 2.82. The van der Waals surface area contributed by atoms with Crippen molar-refractivity contribution in [2.75, 3.05) is 31.2 Å². The highest BCUT2D eigenvalue weighted by Crippen LogP contribution is 2.27. The van der Waals surface area contributed by atoms with Crippen LogP contribution in [0.5, 0.6) is 0 Å². The van der Waals surface area contributed by atoms with Gasteiger partial charge >= 0.3 is 5.97 Å². The normalized spacial score (nSPS) is 10.4. The molecule has 1 aromatic carbocycles. The van der Waals surface area contributed by atoms with Gasteiger partial charge in [0.15, 0.2) is 0 Å². The van der Waals surface area contributed by atoms with Crippen molar-refractivity contribution in [3.05, 3.63) is 28.2 Å². The molecule has 1 N–H and O–H groups in total. The van der Waals surface area contributed by atoms with E-state index in [0.717, 1.165) is 23.2 Å². The molecule has 5 heteroatoms. The lowest BCUT2D eigenvalue weighted by atomic mass is 10.2. The zero-order valence-electron chi connectivity index (χ0n) is 10.6. The van der Waals surface area contributed by atoms with Gasteiger partial charge in [0.05, 0.1) is 17.9 Å². The van der Waals surface area contributed by atoms with Crippen LogP contribution < -0.4 is 4.90 Å². The van der Waals surface area contributed by atoms with Gasteiger partial charge in [-0.25, -0.2) is 4.79 Å². The Morgan fingerprint density at radius 2 is 2.17 bits per heavy atom. The molecular weight excluding hydrogens is 298 g/mol. The maximum Gasteiger partial charge on any atom is 0.335 e. The molecule has 0 aliphatic heterocycles. The fraction of sp³-hybridized carbons (Fsp3) is 0.462. The number of halogens is 1. The minimum Gasteiger partial charge on any atom is -0.478 e. The summed E-state index contributed by atoms with van der Waals surface area (Å²) >= 11 is 3.42. The summed E-state index contributed by atoms with van der Waals surface area (Å²) < 4.78 is 6.13. The molecule has 0 fully saturated rings. The van der Waals surface area contributed by atoms with Gasteiger partial charge < -0.3 is 14.7 Å². The van der Waals surface area contributed by atoms with E-state index in [2.05, 4.69) is 27.8 Å². The zero-order chi connectivity index (χ0) is 13.5. The van der Waals surface area contributed by atoms with Gasteiger partial charge in [-0.1, -0.05) is 0 Å². The number of carboxylic acid groups (broad SMARTS) is 1. The molecule has 4 nitrogen and oxygen atoms in total. The summed E-state index contributed by atoms with van der Waals surface area (Å²) in [5.41, 5.74) is 1.27. The number of carboxylic acids is 1. The van der Waals surface area contributed by atoms with Crippen LogP contribution in [-0.2, 0) is 4.74 Å². The molecular formula is C13H18BrNO3. The largest absolute Gasteiger partial charge is 0.478 e. The van der Waals surface area contributed by atoms with Crippen LogP contribution in [0.15, 0.2) is 22.7 Å². The number of rotatable bonds is 7. The highest BCUT2D eigenvalue weighted by atomic mass is 79.9. The zero-order valence-corrected chi connectivity index (χ0v) is 12.2. The average Bonchev–Trinajstić information content (AvgIpc) is 2.35. The molecule has 100 valence electrons. The van der Waals surface area contributed by atoms with Crippen molar-refractivity contribution >= 4 is 27.6 Å². The molecule has 1 aromatic rings. The summed E-state index contributed by atoms with van der Waals surface area (Å²) in [5.74, 6) is -0.917. The number of hydrogen-bond donors (Lipinski definition) is 1. The van der Waals surface area contributed by atoms with E-state index in [1.54, 1.807) is 12.1 Å². The molecule has 0 amide bonds. The fourth-order valence-electron chi connectivity index (χ4n) is 1.66. The Kier molecular flexibility index (Phi) is 6.15. The third-order valence-electron chi connectivity index (χ3n) is 2.63. The molecule has 0 radical (unpaired) electrons. The standard InChI is InChI=1S/C13H18BrNO3/c1-3-15(7-8-18-4-2)12-6-5-10(13(16)17)9-11(12)14/h5-6,9H,3-4,7-8H2,1-2H3,(H,16,17). The molecule has 18 heavy (non-hydrogen) atoms. The Morgan fingerprint density at radius 3 is 2.67 bits per heavy atom. The van der Waals surface area contributed by atoms with Gasteiger partial charge in [-0.2, -0.15) is 0 Å². The number of likely N-dealkylation sites (N-methyl/N-ethyl adjacent to an activating group) is 1. The molecule has 0 saturated heterocycles. The van der Waals surface area contributed by atoms with E-state index in [9.17, 15) is 4.79 Å². The smallest absolute Gasteiger partial charge is 0.335 e. The van der Waals surface area contributed by atoms with Crippen LogP contribution in [0, 0.1) is 0 Å². The summed E-state index contributed by atoms with van der Waals surface area (Å²) in [6.45, 7) is 7.03. The van der Waals surface area contributed by atoms with Crippen LogP contribution >= 0.6 is 15.9 Å². The fourth-order valence-corrected chi connectivity index (χ4v) is 2.29. The first-order valence-corrected chi connectivity index (χ1v) is 6.75. The van der Waals surface area contributed by atoms with Crippen molar-refractivity contribution in [2.45, 2.75) is 13.8 Å². The molecule has 0 atom stereocenters. The topological polar surface area (TPSA) is 49.8 Å². The Morgan fingerprint density at radius 1 is 1.44 bits per heavy atom. The van der Waals surface area contributed by atoms with Gasteiger partial charge in [0.1, 0.15) is 0 Å². The SMILES string of the molecule is CCOCCN(CC)c1ccc(C(=O)O)cc1Br. The van der Waals surface area contributed by atoms with Crippen LogP contribution in [0.1, 0.15) is 24.2 Å². The van der Waals surface area contributed by atoms with Crippen molar-refractivity contribution in [1.29, 1.82) is 0 Å². The first-order chi connectivity index (χ1) is 8.60. The van der Waals surface area contributed by atoms with Crippen molar-refractivity contribution in [1.82, 2.24) is 0 Å². The number of hydrogen-bond acceptors (Lipinski definition) is 3. The highest BCUT2D eigenvalue weighted by molar-refractivity contribution is 9.10. The maximum absolute atomic E-state index is 10.9. The minimum atomic E-state index is -0.917. The van der Waals surface area contributed by atoms with Gasteiger partial charge in [-0.05, 0) is 48.0 Å². The van der Waals surface area contributed by atoms with Crippen LogP contribution in [0.4, 0.5) is 5.69 Å². The summed E-state index contributed by atoms with van der Waals surface area (Å²) in [6.07, 6.45) is 0. The second-order valence-corrected chi connectivity index (χ2v) is 4.60. The van der Waals surface area contributed by atoms with Crippen molar-refractivity contribution in [3.63, 3.8) is 0 Å². The predicted octanol–water partition coefficient (Wildman–Crippen LogP) is 3.01. The van der Waals surface area contributed by atoms with Crippen LogP contribution in [0.3, 0.4) is 0 Å². The van der Waals surface area contributed by atoms with E-state index in [1.807, 2.05) is 13.0 Å². The van der Waals surface area contributed by atoms with E-state index in [-0.39, 0.29) is 5.56 Å². The minimum absolute atomic E-state index is 0.284. The number of aromatic carboxylic acids is 1. The molecule has 0 spiro atoms. The van der Waals surface area contributed by atoms with Crippen LogP contribution in [0.2, 0.25) is 0 Å². The van der Waals surface area contributed by atoms with E-state index < -0.39 is 5.97 Å². The lowest BCUT2D eigenvalue weighted by Crippen LogP contribution is -2.27. The maximum atomic E-state index is 10.9. The van der Waals surface area contributed by atoms with Crippen LogP contribution in [0.25, 0.3) is 0 Å². The summed E-state index contributed by atoms with van der Waals surface area (Å²) in [5, 5.41) is 8.91. The molecule has 0 bridgehead atoms. The molecule has 0 aliphatic rings. The number of benzene rings is 1. The number of ether oxygens (including phenoxy) is 1. The summed E-state index contributed by atoms with van der Waals surface area (Å²) in [4.78, 5) is 13.0. The number of carbonyl (C=O) groups is 1. The van der Waals surface area contributed by atoms with Crippen molar-refractivity contribution < 1.29 is 14.6 Å². The Bertz CT molecular complexity index is 409. The van der Waals surface area contributed by atoms with Gasteiger partial charge in [0, 0.05) is 24.2 Å². The van der Waals surface area contributed by atoms with E-state index >= 15 is 0 Å². The summed E-state index contributed by atoms with van der Waals surface area (Å²) in [7, 11) is 0. The van der Waals surface area contributed by atoms with Gasteiger partial charge in [-0.15, -0.1) is 0 Å². The van der Waals surface area contributed by atoms with Crippen molar-refractivity contribution in [2.24, 2.45) is 0 Å². The van der Waals surface area contributed by atoms with E-state index in [0.29, 0.717) is 13.2 Å². The molecule has 0 heterocycles. The lowest BCUT2D eigenvalue weighted by Gasteiger charge is -2.24. The Labute approximate surface area is 116 Å². The van der Waals surface area contributed by atoms with Crippen LogP contribution in [-0.4, -0.2) is 37.4 Å². The molecule has 0 aliphatic carbocycles. The van der Waals surface area contributed by atoms with E-state index in [1.165, 1.54) is 0 Å². The second kappa shape index (κ2) is 7.38. The highest BCUT2D eigenvalue weighted by Gasteiger charge is 2.11. The third-order valence-corrected chi connectivity index (χ3v) is 3.26. The van der Waals surface area contributed by atoms with Gasteiger partial charge in [-0.3, -0.25) is 0 Å². The quantitative estimate of drug-likeness (QED) is 0.786. The second-order valence-electron chi connectivity index (χ2n) is 3.75. The van der Waals surface area contributed by atoms with E-state index in [4.69, 9.17) is 9.84 Å². The van der Waals surface area contributed by atoms with Crippen molar-refractivity contribution in [3.8, 4) is 0 Å². The molecule has 0 unspecified atom stereocenters. The third kappa shape index (κ3) is 3.99. The first kappa shape index (κ1) is 15.0. The van der Waals surface area contributed by atoms with Gasteiger partial charge in [0.25, 0.3) is 0 Å². The predicted molar refractivity (Wildman–Crippen MR) is 75.5 cm³/mol. The lowest BCUT2D eigenvalue weighted by molar-refractivity contribution is 0.0697. The first-order valence-electron chi connectivity index (χ1n) is 5.95. The molecule has 0 saturated carbocycles. The molecule has 1 rings (SSSR count).